The molecule has 0 saturated heterocycles. The van der Waals surface area contributed by atoms with Crippen LogP contribution in [0, 0.1) is 0 Å². The molecule has 0 atom stereocenters. The molecule has 4 heteroatoms. The van der Waals surface area contributed by atoms with E-state index >= 15 is 0 Å². The largest absolute Gasteiger partial charge is 0.362 e. The average molecular weight is 335 g/mol. The van der Waals surface area contributed by atoms with Crippen LogP contribution in [-0.4, -0.2) is 11.7 Å². The molecule has 0 saturated carbocycles. The van der Waals surface area contributed by atoms with E-state index in [1.54, 1.807) is 0 Å². The zero-order valence-corrected chi connectivity index (χ0v) is 12.8. The van der Waals surface area contributed by atoms with Gasteiger partial charge < -0.3 is 10.6 Å². The Morgan fingerprint density at radius 3 is 2.37 bits per heavy atom. The highest BCUT2D eigenvalue weighted by Crippen LogP contribution is 2.10. The molecule has 0 bridgehead atoms. The van der Waals surface area contributed by atoms with Gasteiger partial charge in [-0.15, -0.1) is 0 Å². The highest BCUT2D eigenvalue weighted by molar-refractivity contribution is 9.10. The van der Waals surface area contributed by atoms with Gasteiger partial charge in [0.2, 0.25) is 0 Å². The van der Waals surface area contributed by atoms with Gasteiger partial charge in [-0.25, -0.2) is 0 Å². The van der Waals surface area contributed by atoms with Gasteiger partial charge in [0.15, 0.2) is 5.11 Å². The van der Waals surface area contributed by atoms with Gasteiger partial charge >= 0.3 is 0 Å². The lowest BCUT2D eigenvalue weighted by molar-refractivity contribution is 0.873. The lowest BCUT2D eigenvalue weighted by Crippen LogP contribution is -2.30. The fourth-order valence-electron chi connectivity index (χ4n) is 1.67. The molecule has 0 amide bonds. The van der Waals surface area contributed by atoms with E-state index < -0.39 is 0 Å². The van der Waals surface area contributed by atoms with Gasteiger partial charge in [-0.2, -0.15) is 0 Å². The van der Waals surface area contributed by atoms with Crippen molar-refractivity contribution in [3.63, 3.8) is 0 Å². The Morgan fingerprint density at radius 1 is 1.00 bits per heavy atom. The van der Waals surface area contributed by atoms with Gasteiger partial charge in [0.05, 0.1) is 0 Å². The molecule has 0 aromatic heterocycles. The van der Waals surface area contributed by atoms with Crippen LogP contribution in [0.15, 0.2) is 59.1 Å². The Kier molecular flexibility index (Phi) is 5.36. The molecule has 0 fully saturated rings. The Morgan fingerprint density at radius 2 is 1.68 bits per heavy atom. The zero-order chi connectivity index (χ0) is 13.5. The second-order valence-corrected chi connectivity index (χ2v) is 5.45. The van der Waals surface area contributed by atoms with Crippen LogP contribution in [0.4, 0.5) is 5.69 Å². The predicted octanol–water partition coefficient (Wildman–Crippen LogP) is 3.98. The molecular weight excluding hydrogens is 320 g/mol. The molecule has 0 spiro atoms. The molecule has 0 aliphatic carbocycles. The van der Waals surface area contributed by atoms with Crippen molar-refractivity contribution in [2.75, 3.05) is 11.9 Å². The maximum Gasteiger partial charge on any atom is 0.170 e. The van der Waals surface area contributed by atoms with Crippen LogP contribution in [0.2, 0.25) is 0 Å². The Bertz CT molecular complexity index is 526. The third-order valence-electron chi connectivity index (χ3n) is 2.64. The summed E-state index contributed by atoms with van der Waals surface area (Å²) in [6.07, 6.45) is 0.948. The van der Waals surface area contributed by atoms with Gasteiger partial charge in [0.25, 0.3) is 0 Å². The summed E-state index contributed by atoms with van der Waals surface area (Å²) in [5.41, 5.74) is 2.29. The summed E-state index contributed by atoms with van der Waals surface area (Å²) in [5.74, 6) is 0. The maximum absolute atomic E-state index is 5.24. The second-order valence-electron chi connectivity index (χ2n) is 4.12. The van der Waals surface area contributed by atoms with Crippen LogP contribution in [0.3, 0.4) is 0 Å². The lowest BCUT2D eigenvalue weighted by atomic mass is 10.1. The maximum atomic E-state index is 5.24. The number of benzene rings is 2. The second kappa shape index (κ2) is 7.26. The van der Waals surface area contributed by atoms with Crippen molar-refractivity contribution in [3.8, 4) is 0 Å². The summed E-state index contributed by atoms with van der Waals surface area (Å²) in [7, 11) is 0. The summed E-state index contributed by atoms with van der Waals surface area (Å²) in [4.78, 5) is 0. The van der Waals surface area contributed by atoms with E-state index in [9.17, 15) is 0 Å². The first-order valence-corrected chi connectivity index (χ1v) is 7.28. The molecule has 0 aliphatic heterocycles. The summed E-state index contributed by atoms with van der Waals surface area (Å²) >= 11 is 8.67. The molecule has 98 valence electrons. The average Bonchev–Trinajstić information content (AvgIpc) is 2.42. The summed E-state index contributed by atoms with van der Waals surface area (Å²) < 4.78 is 1.10. The van der Waals surface area contributed by atoms with E-state index in [1.807, 2.05) is 30.3 Å². The number of rotatable bonds is 4. The molecular formula is C15H15BrN2S. The predicted molar refractivity (Wildman–Crippen MR) is 88.5 cm³/mol. The lowest BCUT2D eigenvalue weighted by Gasteiger charge is -2.10. The molecule has 0 radical (unpaired) electrons. The smallest absolute Gasteiger partial charge is 0.170 e. The van der Waals surface area contributed by atoms with Gasteiger partial charge in [-0.05, 0) is 48.5 Å². The summed E-state index contributed by atoms with van der Waals surface area (Å²) in [6, 6.07) is 18.2. The van der Waals surface area contributed by atoms with E-state index in [1.165, 1.54) is 5.56 Å². The van der Waals surface area contributed by atoms with E-state index in [0.717, 1.165) is 23.1 Å². The molecule has 2 aromatic carbocycles. The number of hydrogen-bond donors (Lipinski definition) is 2. The quantitative estimate of drug-likeness (QED) is 0.827. The van der Waals surface area contributed by atoms with Crippen molar-refractivity contribution in [1.82, 2.24) is 5.32 Å². The minimum absolute atomic E-state index is 0.656. The minimum Gasteiger partial charge on any atom is -0.362 e. The van der Waals surface area contributed by atoms with E-state index in [-0.39, 0.29) is 0 Å². The van der Waals surface area contributed by atoms with E-state index in [0.29, 0.717) is 5.11 Å². The molecule has 19 heavy (non-hydrogen) atoms. The van der Waals surface area contributed by atoms with Crippen LogP contribution in [0.5, 0.6) is 0 Å². The monoisotopic (exact) mass is 334 g/mol. The fraction of sp³-hybridized carbons (Fsp3) is 0.133. The van der Waals surface area contributed by atoms with E-state index in [2.05, 4.69) is 50.8 Å². The van der Waals surface area contributed by atoms with E-state index in [4.69, 9.17) is 12.2 Å². The van der Waals surface area contributed by atoms with Crippen molar-refractivity contribution in [3.05, 3.63) is 64.6 Å². The number of nitrogens with one attached hydrogen (secondary N) is 2. The van der Waals surface area contributed by atoms with Crippen molar-refractivity contribution >= 4 is 38.9 Å². The summed E-state index contributed by atoms with van der Waals surface area (Å²) in [6.45, 7) is 0.820. The van der Waals surface area contributed by atoms with Crippen molar-refractivity contribution in [1.29, 1.82) is 0 Å². The summed E-state index contributed by atoms with van der Waals surface area (Å²) in [5, 5.41) is 7.01. The topological polar surface area (TPSA) is 24.1 Å². The van der Waals surface area contributed by atoms with Crippen molar-refractivity contribution in [2.45, 2.75) is 6.42 Å². The molecule has 2 N–H and O–H groups in total. The van der Waals surface area contributed by atoms with Crippen molar-refractivity contribution < 1.29 is 0 Å². The van der Waals surface area contributed by atoms with Crippen LogP contribution in [-0.2, 0) is 6.42 Å². The first-order chi connectivity index (χ1) is 9.24. The van der Waals surface area contributed by atoms with Gasteiger partial charge in [0, 0.05) is 16.7 Å². The van der Waals surface area contributed by atoms with Gasteiger partial charge in [-0.3, -0.25) is 0 Å². The number of thiocarbonyl (C=S) groups is 1. The number of para-hydroxylation sites is 1. The molecule has 2 aromatic rings. The first-order valence-electron chi connectivity index (χ1n) is 6.08. The standard InChI is InChI=1S/C15H15BrN2S/c16-13-8-6-12(7-9-13)10-11-17-15(19)18-14-4-2-1-3-5-14/h1-9H,10-11H2,(H2,17,18,19). The molecule has 2 nitrogen and oxygen atoms in total. The molecule has 2 rings (SSSR count). The Labute approximate surface area is 127 Å². The normalized spacial score (nSPS) is 9.95. The van der Waals surface area contributed by atoms with Gasteiger partial charge in [-0.1, -0.05) is 46.3 Å². The highest BCUT2D eigenvalue weighted by Gasteiger charge is 1.97. The van der Waals surface area contributed by atoms with Crippen molar-refractivity contribution in [2.24, 2.45) is 0 Å². The van der Waals surface area contributed by atoms with Gasteiger partial charge in [0.1, 0.15) is 0 Å². The van der Waals surface area contributed by atoms with Crippen LogP contribution in [0.25, 0.3) is 0 Å². The fourth-order valence-corrected chi connectivity index (χ4v) is 2.15. The first kappa shape index (κ1) is 14.0. The highest BCUT2D eigenvalue weighted by atomic mass is 79.9. The minimum atomic E-state index is 0.656. The Hall–Kier alpha value is -1.39. The SMILES string of the molecule is S=C(NCCc1ccc(Br)cc1)Nc1ccccc1. The Balaban J connectivity index is 1.74. The number of anilines is 1. The number of halogens is 1. The van der Waals surface area contributed by atoms with Crippen LogP contribution < -0.4 is 10.6 Å². The number of hydrogen-bond acceptors (Lipinski definition) is 1. The molecule has 0 unspecified atom stereocenters. The molecule has 0 heterocycles. The molecule has 0 aliphatic rings. The zero-order valence-electron chi connectivity index (χ0n) is 10.4. The van der Waals surface area contributed by atoms with Crippen LogP contribution >= 0.6 is 28.1 Å². The third-order valence-corrected chi connectivity index (χ3v) is 3.42. The third kappa shape index (κ3) is 5.01. The van der Waals surface area contributed by atoms with Crippen LogP contribution in [0.1, 0.15) is 5.56 Å².